The maximum atomic E-state index is 11.1. The molecular formula is C12H12N2O. The Balaban J connectivity index is 2.25. The van der Waals surface area contributed by atoms with Crippen molar-refractivity contribution in [3.63, 3.8) is 0 Å². The molecule has 0 unspecified atom stereocenters. The van der Waals surface area contributed by atoms with E-state index in [1.165, 1.54) is 0 Å². The van der Waals surface area contributed by atoms with Gasteiger partial charge in [-0.3, -0.25) is 4.79 Å². The summed E-state index contributed by atoms with van der Waals surface area (Å²) in [5.41, 5.74) is 6.94. The quantitative estimate of drug-likeness (QED) is 0.804. The van der Waals surface area contributed by atoms with Crippen molar-refractivity contribution >= 4 is 5.91 Å². The van der Waals surface area contributed by atoms with Crippen LogP contribution in [0.1, 0.15) is 16.1 Å². The molecule has 1 amide bonds. The molecule has 2 rings (SSSR count). The van der Waals surface area contributed by atoms with E-state index in [2.05, 4.69) is 0 Å². The van der Waals surface area contributed by atoms with Crippen LogP contribution in [0.4, 0.5) is 0 Å². The van der Waals surface area contributed by atoms with Crippen molar-refractivity contribution in [1.82, 2.24) is 4.57 Å². The van der Waals surface area contributed by atoms with E-state index in [4.69, 9.17) is 5.73 Å². The molecule has 0 aliphatic carbocycles. The van der Waals surface area contributed by atoms with Gasteiger partial charge >= 0.3 is 0 Å². The van der Waals surface area contributed by atoms with Gasteiger partial charge in [-0.25, -0.2) is 0 Å². The number of hydrogen-bond acceptors (Lipinski definition) is 1. The smallest absolute Gasteiger partial charge is 0.265 e. The first-order valence-electron chi connectivity index (χ1n) is 4.76. The van der Waals surface area contributed by atoms with E-state index in [0.29, 0.717) is 12.2 Å². The van der Waals surface area contributed by atoms with E-state index in [0.717, 1.165) is 5.56 Å². The zero-order chi connectivity index (χ0) is 10.7. The van der Waals surface area contributed by atoms with Crippen LogP contribution in [0.25, 0.3) is 0 Å². The van der Waals surface area contributed by atoms with Crippen LogP contribution in [0.15, 0.2) is 48.7 Å². The Morgan fingerprint density at radius 2 is 1.87 bits per heavy atom. The molecule has 2 aromatic rings. The molecular weight excluding hydrogens is 188 g/mol. The fraction of sp³-hybridized carbons (Fsp3) is 0.0833. The van der Waals surface area contributed by atoms with Gasteiger partial charge in [0.2, 0.25) is 0 Å². The highest BCUT2D eigenvalue weighted by atomic mass is 16.1. The summed E-state index contributed by atoms with van der Waals surface area (Å²) in [5, 5.41) is 0. The molecule has 0 aliphatic heterocycles. The second-order valence-corrected chi connectivity index (χ2v) is 3.37. The van der Waals surface area contributed by atoms with Crippen LogP contribution in [0.3, 0.4) is 0 Å². The third kappa shape index (κ3) is 2.07. The van der Waals surface area contributed by atoms with Crippen LogP contribution in [0.5, 0.6) is 0 Å². The molecule has 0 atom stereocenters. The van der Waals surface area contributed by atoms with Gasteiger partial charge in [0.25, 0.3) is 5.91 Å². The van der Waals surface area contributed by atoms with E-state index < -0.39 is 5.91 Å². The van der Waals surface area contributed by atoms with Crippen molar-refractivity contribution in [2.24, 2.45) is 5.73 Å². The molecule has 1 aromatic heterocycles. The summed E-state index contributed by atoms with van der Waals surface area (Å²) in [4.78, 5) is 11.1. The maximum absolute atomic E-state index is 11.1. The zero-order valence-corrected chi connectivity index (χ0v) is 8.26. The molecule has 0 fully saturated rings. The molecule has 0 radical (unpaired) electrons. The minimum absolute atomic E-state index is 0.393. The SMILES string of the molecule is NC(=O)c1cccn1Cc1ccccc1. The van der Waals surface area contributed by atoms with Gasteiger partial charge in [0.15, 0.2) is 0 Å². The Hall–Kier alpha value is -2.03. The summed E-state index contributed by atoms with van der Waals surface area (Å²) in [7, 11) is 0. The van der Waals surface area contributed by atoms with Crippen molar-refractivity contribution in [3.8, 4) is 0 Å². The number of carbonyl (C=O) groups excluding carboxylic acids is 1. The van der Waals surface area contributed by atoms with Crippen LogP contribution in [0.2, 0.25) is 0 Å². The number of carbonyl (C=O) groups is 1. The van der Waals surface area contributed by atoms with E-state index in [-0.39, 0.29) is 0 Å². The molecule has 0 saturated heterocycles. The topological polar surface area (TPSA) is 48.0 Å². The van der Waals surface area contributed by atoms with Crippen LogP contribution in [-0.2, 0) is 6.54 Å². The van der Waals surface area contributed by atoms with E-state index in [1.54, 1.807) is 6.07 Å². The minimum Gasteiger partial charge on any atom is -0.364 e. The molecule has 0 saturated carbocycles. The minimum atomic E-state index is -0.393. The van der Waals surface area contributed by atoms with Gasteiger partial charge in [-0.2, -0.15) is 0 Å². The Morgan fingerprint density at radius 1 is 1.13 bits per heavy atom. The van der Waals surface area contributed by atoms with Crippen molar-refractivity contribution in [2.75, 3.05) is 0 Å². The predicted octanol–water partition coefficient (Wildman–Crippen LogP) is 1.64. The number of nitrogens with zero attached hydrogens (tertiary/aromatic N) is 1. The summed E-state index contributed by atoms with van der Waals surface area (Å²) in [6.45, 7) is 0.673. The Kier molecular flexibility index (Phi) is 2.54. The number of rotatable bonds is 3. The van der Waals surface area contributed by atoms with Crippen LogP contribution >= 0.6 is 0 Å². The lowest BCUT2D eigenvalue weighted by Gasteiger charge is -2.06. The van der Waals surface area contributed by atoms with Crippen molar-refractivity contribution < 1.29 is 4.79 Å². The van der Waals surface area contributed by atoms with E-state index in [1.807, 2.05) is 47.2 Å². The van der Waals surface area contributed by atoms with Gasteiger partial charge in [0.1, 0.15) is 5.69 Å². The van der Waals surface area contributed by atoms with E-state index in [9.17, 15) is 4.79 Å². The third-order valence-electron chi connectivity index (χ3n) is 2.28. The van der Waals surface area contributed by atoms with Gasteiger partial charge in [-0.05, 0) is 17.7 Å². The molecule has 0 bridgehead atoms. The molecule has 3 heteroatoms. The molecule has 2 N–H and O–H groups in total. The first-order chi connectivity index (χ1) is 7.27. The van der Waals surface area contributed by atoms with Crippen molar-refractivity contribution in [1.29, 1.82) is 0 Å². The third-order valence-corrected chi connectivity index (χ3v) is 2.28. The lowest BCUT2D eigenvalue weighted by Crippen LogP contribution is -2.16. The van der Waals surface area contributed by atoms with Crippen LogP contribution in [0, 0.1) is 0 Å². The number of benzene rings is 1. The van der Waals surface area contributed by atoms with Gasteiger partial charge in [-0.15, -0.1) is 0 Å². The highest BCUT2D eigenvalue weighted by molar-refractivity contribution is 5.91. The molecule has 1 aromatic carbocycles. The largest absolute Gasteiger partial charge is 0.364 e. The highest BCUT2D eigenvalue weighted by Crippen LogP contribution is 2.06. The molecule has 3 nitrogen and oxygen atoms in total. The number of amides is 1. The average Bonchev–Trinajstić information content (AvgIpc) is 2.67. The molecule has 0 aliphatic rings. The Bertz CT molecular complexity index is 459. The van der Waals surface area contributed by atoms with Crippen molar-refractivity contribution in [3.05, 3.63) is 59.9 Å². The number of hydrogen-bond donors (Lipinski definition) is 1. The fourth-order valence-electron chi connectivity index (χ4n) is 1.56. The molecule has 76 valence electrons. The second kappa shape index (κ2) is 4.00. The molecule has 0 spiro atoms. The average molecular weight is 200 g/mol. The standard InChI is InChI=1S/C12H12N2O/c13-12(15)11-7-4-8-14(11)9-10-5-2-1-3-6-10/h1-8H,9H2,(H2,13,15). The molecule has 15 heavy (non-hydrogen) atoms. The summed E-state index contributed by atoms with van der Waals surface area (Å²) < 4.78 is 1.84. The first-order valence-corrected chi connectivity index (χ1v) is 4.76. The predicted molar refractivity (Wildman–Crippen MR) is 58.5 cm³/mol. The normalized spacial score (nSPS) is 10.1. The summed E-state index contributed by atoms with van der Waals surface area (Å²) in [6, 6.07) is 13.5. The van der Waals surface area contributed by atoms with Gasteiger partial charge in [0.05, 0.1) is 0 Å². The maximum Gasteiger partial charge on any atom is 0.265 e. The number of primary amides is 1. The lowest BCUT2D eigenvalue weighted by molar-refractivity contribution is 0.0992. The lowest BCUT2D eigenvalue weighted by atomic mass is 10.2. The van der Waals surface area contributed by atoms with Crippen LogP contribution in [-0.4, -0.2) is 10.5 Å². The number of aromatic nitrogens is 1. The summed E-state index contributed by atoms with van der Waals surface area (Å²) in [6.07, 6.45) is 1.85. The van der Waals surface area contributed by atoms with Gasteiger partial charge in [0, 0.05) is 12.7 Å². The fourth-order valence-corrected chi connectivity index (χ4v) is 1.56. The Labute approximate surface area is 88.1 Å². The van der Waals surface area contributed by atoms with E-state index >= 15 is 0 Å². The number of nitrogens with two attached hydrogens (primary N) is 1. The Morgan fingerprint density at radius 3 is 2.53 bits per heavy atom. The molecule has 1 heterocycles. The van der Waals surface area contributed by atoms with Crippen molar-refractivity contribution in [2.45, 2.75) is 6.54 Å². The zero-order valence-electron chi connectivity index (χ0n) is 8.26. The highest BCUT2D eigenvalue weighted by Gasteiger charge is 2.06. The van der Waals surface area contributed by atoms with Crippen LogP contribution < -0.4 is 5.73 Å². The monoisotopic (exact) mass is 200 g/mol. The summed E-state index contributed by atoms with van der Waals surface area (Å²) >= 11 is 0. The van der Waals surface area contributed by atoms with Gasteiger partial charge < -0.3 is 10.3 Å². The van der Waals surface area contributed by atoms with Gasteiger partial charge in [-0.1, -0.05) is 30.3 Å². The first kappa shape index (κ1) is 9.52. The summed E-state index contributed by atoms with van der Waals surface area (Å²) in [5.74, 6) is -0.393. The second-order valence-electron chi connectivity index (χ2n) is 3.37.